The molecule has 0 radical (unpaired) electrons. The normalized spacial score (nSPS) is 15.3. The number of thiazole rings is 1. The van der Waals surface area contributed by atoms with Crippen LogP contribution < -0.4 is 5.32 Å². The number of nitrogens with zero attached hydrogens (tertiary/aromatic N) is 2. The lowest BCUT2D eigenvalue weighted by Gasteiger charge is -2.30. The third-order valence-corrected chi connectivity index (χ3v) is 8.14. The number of aromatic nitrogens is 2. The molecule has 1 fully saturated rings. The number of H-pyrrole nitrogens is 1. The Morgan fingerprint density at radius 1 is 1.24 bits per heavy atom. The van der Waals surface area contributed by atoms with E-state index in [9.17, 15) is 18.0 Å². The van der Waals surface area contributed by atoms with Gasteiger partial charge in [0.1, 0.15) is 5.69 Å². The molecular weight excluding hydrogens is 464 g/mol. The summed E-state index contributed by atoms with van der Waals surface area (Å²) in [7, 11) is -2.11. The summed E-state index contributed by atoms with van der Waals surface area (Å²) < 4.78 is 31.6. The van der Waals surface area contributed by atoms with Gasteiger partial charge in [-0.05, 0) is 24.5 Å². The van der Waals surface area contributed by atoms with Gasteiger partial charge in [-0.3, -0.25) is 4.79 Å². The van der Waals surface area contributed by atoms with Gasteiger partial charge in [-0.25, -0.2) is 22.5 Å². The van der Waals surface area contributed by atoms with E-state index in [1.807, 2.05) is 18.2 Å². The summed E-state index contributed by atoms with van der Waals surface area (Å²) in [6, 6.07) is 10.7. The zero-order valence-corrected chi connectivity index (χ0v) is 19.6. The first kappa shape index (κ1) is 23.1. The highest BCUT2D eigenvalue weighted by molar-refractivity contribution is 7.88. The van der Waals surface area contributed by atoms with Gasteiger partial charge in [-0.15, -0.1) is 11.3 Å². The molecule has 0 bridgehead atoms. The molecule has 0 unspecified atom stereocenters. The molecule has 11 heteroatoms. The van der Waals surface area contributed by atoms with Crippen molar-refractivity contribution in [2.75, 3.05) is 25.5 Å². The van der Waals surface area contributed by atoms with Crippen LogP contribution in [0.3, 0.4) is 0 Å². The minimum absolute atomic E-state index is 0.0383. The van der Waals surface area contributed by atoms with Crippen LogP contribution in [0.5, 0.6) is 0 Å². The molecule has 9 nitrogen and oxygen atoms in total. The average Bonchev–Trinajstić information content (AvgIpc) is 3.49. The fourth-order valence-electron chi connectivity index (χ4n) is 3.71. The van der Waals surface area contributed by atoms with Crippen LogP contribution in [0.2, 0.25) is 0 Å². The van der Waals surface area contributed by atoms with Crippen LogP contribution in [0, 0.1) is 5.92 Å². The van der Waals surface area contributed by atoms with Crippen LogP contribution in [0.4, 0.5) is 5.13 Å². The highest BCUT2D eigenvalue weighted by Crippen LogP contribution is 2.28. The lowest BCUT2D eigenvalue weighted by molar-refractivity contribution is -0.120. The Bertz CT molecular complexity index is 1230. The Morgan fingerprint density at radius 3 is 2.67 bits per heavy atom. The number of ether oxygens (including phenoxy) is 1. The highest BCUT2D eigenvalue weighted by Gasteiger charge is 2.31. The number of rotatable bonds is 7. The van der Waals surface area contributed by atoms with Crippen LogP contribution in [-0.4, -0.2) is 54.8 Å². The van der Waals surface area contributed by atoms with Crippen molar-refractivity contribution < 1.29 is 22.7 Å². The van der Waals surface area contributed by atoms with E-state index in [0.717, 1.165) is 5.56 Å². The monoisotopic (exact) mass is 488 g/mol. The third-order valence-electron chi connectivity index (χ3n) is 5.53. The maximum Gasteiger partial charge on any atom is 0.354 e. The number of esters is 1. The quantitative estimate of drug-likeness (QED) is 0.493. The summed E-state index contributed by atoms with van der Waals surface area (Å²) in [4.78, 5) is 31.6. The lowest BCUT2D eigenvalue weighted by Crippen LogP contribution is -2.41. The van der Waals surface area contributed by atoms with Crippen molar-refractivity contribution in [3.63, 3.8) is 0 Å². The Labute approximate surface area is 195 Å². The summed E-state index contributed by atoms with van der Waals surface area (Å²) in [6.07, 6.45) is 2.56. The Balaban J connectivity index is 1.32. The fraction of sp³-hybridized carbons (Fsp3) is 0.318. The molecular formula is C22H24N4O5S2. The van der Waals surface area contributed by atoms with Crippen LogP contribution in [0.25, 0.3) is 11.3 Å². The summed E-state index contributed by atoms with van der Waals surface area (Å²) in [5.41, 5.74) is 2.41. The maximum atomic E-state index is 12.7. The van der Waals surface area contributed by atoms with Crippen molar-refractivity contribution in [3.05, 3.63) is 59.2 Å². The first-order valence-corrected chi connectivity index (χ1v) is 12.9. The van der Waals surface area contributed by atoms with E-state index in [0.29, 0.717) is 48.0 Å². The first-order chi connectivity index (χ1) is 15.9. The second-order valence-electron chi connectivity index (χ2n) is 7.74. The SMILES string of the molecule is COC(=O)c1cc(-c2csc(NC(=O)C3CCN(S(=O)(=O)Cc4ccccc4)CC3)n2)c[nH]1. The number of hydrogen-bond donors (Lipinski definition) is 2. The molecule has 0 aliphatic carbocycles. The second kappa shape index (κ2) is 9.86. The first-order valence-electron chi connectivity index (χ1n) is 10.4. The van der Waals surface area contributed by atoms with Gasteiger partial charge in [-0.2, -0.15) is 0 Å². The largest absolute Gasteiger partial charge is 0.464 e. The van der Waals surface area contributed by atoms with E-state index in [-0.39, 0.29) is 17.6 Å². The standard InChI is InChI=1S/C22H24N4O5S2/c1-31-21(28)18-11-17(12-23-18)19-13-32-22(24-19)25-20(27)16-7-9-26(10-8-16)33(29,30)14-15-5-3-2-4-6-15/h2-6,11-13,16,23H,7-10,14H2,1H3,(H,24,25,27). The Morgan fingerprint density at radius 2 is 1.97 bits per heavy atom. The molecule has 1 amide bonds. The molecule has 1 aromatic carbocycles. The average molecular weight is 489 g/mol. The minimum Gasteiger partial charge on any atom is -0.464 e. The highest BCUT2D eigenvalue weighted by atomic mass is 32.2. The molecule has 0 spiro atoms. The second-order valence-corrected chi connectivity index (χ2v) is 10.6. The number of nitrogens with one attached hydrogen (secondary N) is 2. The number of carbonyl (C=O) groups is 2. The molecule has 1 aliphatic heterocycles. The molecule has 0 saturated carbocycles. The number of methoxy groups -OCH3 is 1. The van der Waals surface area contributed by atoms with Crippen LogP contribution in [0.1, 0.15) is 28.9 Å². The molecule has 1 aliphatic rings. The number of aromatic amines is 1. The van der Waals surface area contributed by atoms with Crippen LogP contribution in [0.15, 0.2) is 48.0 Å². The van der Waals surface area contributed by atoms with Crippen molar-refractivity contribution in [1.82, 2.24) is 14.3 Å². The Hall–Kier alpha value is -3.02. The number of carbonyl (C=O) groups excluding carboxylic acids is 2. The molecule has 174 valence electrons. The maximum absolute atomic E-state index is 12.7. The minimum atomic E-state index is -3.42. The Kier molecular flexibility index (Phi) is 6.91. The van der Waals surface area contributed by atoms with E-state index >= 15 is 0 Å². The van der Waals surface area contributed by atoms with Gasteiger partial charge in [0.2, 0.25) is 15.9 Å². The molecule has 1 saturated heterocycles. The zero-order chi connectivity index (χ0) is 23.4. The van der Waals surface area contributed by atoms with Gasteiger partial charge in [0.05, 0.1) is 18.6 Å². The summed E-state index contributed by atoms with van der Waals surface area (Å²) in [5.74, 6) is -0.954. The van der Waals surface area contributed by atoms with Gasteiger partial charge in [0.15, 0.2) is 5.13 Å². The fourth-order valence-corrected chi connectivity index (χ4v) is 6.00. The van der Waals surface area contributed by atoms with Crippen molar-refractivity contribution >= 4 is 38.4 Å². The molecule has 2 aromatic heterocycles. The van der Waals surface area contributed by atoms with Gasteiger partial charge in [-0.1, -0.05) is 30.3 Å². The molecule has 4 rings (SSSR count). The predicted molar refractivity (Wildman–Crippen MR) is 125 cm³/mol. The van der Waals surface area contributed by atoms with Gasteiger partial charge < -0.3 is 15.0 Å². The molecule has 0 atom stereocenters. The smallest absolute Gasteiger partial charge is 0.354 e. The summed E-state index contributed by atoms with van der Waals surface area (Å²) in [5, 5.41) is 5.08. The van der Waals surface area contributed by atoms with Crippen molar-refractivity contribution in [3.8, 4) is 11.3 Å². The zero-order valence-electron chi connectivity index (χ0n) is 18.0. The topological polar surface area (TPSA) is 121 Å². The van der Waals surface area contributed by atoms with Gasteiger partial charge in [0, 0.05) is 36.1 Å². The third kappa shape index (κ3) is 5.49. The number of benzene rings is 1. The summed E-state index contributed by atoms with van der Waals surface area (Å²) >= 11 is 1.29. The van der Waals surface area contributed by atoms with Gasteiger partial charge in [0.25, 0.3) is 0 Å². The molecule has 3 aromatic rings. The number of piperidine rings is 1. The molecule has 33 heavy (non-hydrogen) atoms. The van der Waals surface area contributed by atoms with Crippen molar-refractivity contribution in [2.45, 2.75) is 18.6 Å². The van der Waals surface area contributed by atoms with E-state index in [1.165, 1.54) is 22.8 Å². The number of amides is 1. The molecule has 3 heterocycles. The van der Waals surface area contributed by atoms with Gasteiger partial charge >= 0.3 is 5.97 Å². The van der Waals surface area contributed by atoms with Crippen molar-refractivity contribution in [1.29, 1.82) is 0 Å². The van der Waals surface area contributed by atoms with E-state index in [4.69, 9.17) is 0 Å². The van der Waals surface area contributed by atoms with Crippen molar-refractivity contribution in [2.24, 2.45) is 5.92 Å². The number of anilines is 1. The van der Waals surface area contributed by atoms with Crippen LogP contribution in [-0.2, 0) is 25.3 Å². The van der Waals surface area contributed by atoms with E-state index in [1.54, 1.807) is 29.8 Å². The van der Waals surface area contributed by atoms with Crippen LogP contribution >= 0.6 is 11.3 Å². The number of sulfonamides is 1. The van der Waals surface area contributed by atoms with E-state index in [2.05, 4.69) is 20.0 Å². The van der Waals surface area contributed by atoms with E-state index < -0.39 is 16.0 Å². The number of hydrogen-bond acceptors (Lipinski definition) is 7. The predicted octanol–water partition coefficient (Wildman–Crippen LogP) is 3.11. The summed E-state index contributed by atoms with van der Waals surface area (Å²) in [6.45, 7) is 0.631. The molecule has 2 N–H and O–H groups in total. The lowest BCUT2D eigenvalue weighted by atomic mass is 9.97.